The van der Waals surface area contributed by atoms with E-state index in [1.165, 1.54) is 0 Å². The van der Waals surface area contributed by atoms with Crippen molar-refractivity contribution >= 4 is 23.4 Å². The fraction of sp³-hybridized carbons (Fsp3) is 0.429. The Balaban J connectivity index is 1.52. The first-order chi connectivity index (χ1) is 18.4. The van der Waals surface area contributed by atoms with Crippen LogP contribution in [-0.4, -0.2) is 77.3 Å². The van der Waals surface area contributed by atoms with Crippen LogP contribution in [0.1, 0.15) is 42.5 Å². The van der Waals surface area contributed by atoms with Gasteiger partial charge in [0.15, 0.2) is 5.82 Å². The Labute approximate surface area is 224 Å². The number of pyridine rings is 1. The molecular formula is C28H36N8O2. The maximum absolute atomic E-state index is 12.8. The number of carbonyl (C=O) groups excluding carboxylic acids is 1. The first kappa shape index (κ1) is 26.9. The Morgan fingerprint density at radius 3 is 2.61 bits per heavy atom. The van der Waals surface area contributed by atoms with Gasteiger partial charge in [0.1, 0.15) is 30.1 Å². The highest BCUT2D eigenvalue weighted by Gasteiger charge is 2.29. The SMILES string of the molecule is Cc1cc(Nc2cc(C3CCN(C(=O)[C@H](C)N(C)C)CC3)c(C#N)c(NCCOc3ccccc3)n2)n[nH]1. The van der Waals surface area contributed by atoms with Crippen LogP contribution >= 0.6 is 0 Å². The van der Waals surface area contributed by atoms with Gasteiger partial charge in [0, 0.05) is 24.8 Å². The molecule has 0 bridgehead atoms. The van der Waals surface area contributed by atoms with Crippen LogP contribution in [0.4, 0.5) is 17.5 Å². The van der Waals surface area contributed by atoms with Crippen LogP contribution in [-0.2, 0) is 4.79 Å². The lowest BCUT2D eigenvalue weighted by Crippen LogP contribution is -2.47. The first-order valence-electron chi connectivity index (χ1n) is 13.0. The molecule has 1 amide bonds. The number of carbonyl (C=O) groups is 1. The van der Waals surface area contributed by atoms with Crippen LogP contribution in [0.25, 0.3) is 0 Å². The van der Waals surface area contributed by atoms with Crippen molar-refractivity contribution < 1.29 is 9.53 Å². The van der Waals surface area contributed by atoms with Crippen LogP contribution in [0.3, 0.4) is 0 Å². The number of amides is 1. The molecule has 0 saturated carbocycles. The van der Waals surface area contributed by atoms with Crippen LogP contribution in [0.2, 0.25) is 0 Å². The van der Waals surface area contributed by atoms with Gasteiger partial charge in [-0.25, -0.2) is 4.98 Å². The number of aryl methyl sites for hydroxylation is 1. The second-order valence-electron chi connectivity index (χ2n) is 9.82. The smallest absolute Gasteiger partial charge is 0.239 e. The molecule has 0 unspecified atom stereocenters. The summed E-state index contributed by atoms with van der Waals surface area (Å²) in [5.41, 5.74) is 2.39. The molecule has 1 atom stereocenters. The predicted molar refractivity (Wildman–Crippen MR) is 148 cm³/mol. The highest BCUT2D eigenvalue weighted by molar-refractivity contribution is 5.81. The second-order valence-corrected chi connectivity index (χ2v) is 9.82. The summed E-state index contributed by atoms with van der Waals surface area (Å²) < 4.78 is 5.80. The molecule has 1 aliphatic heterocycles. The molecule has 1 fully saturated rings. The molecule has 38 heavy (non-hydrogen) atoms. The topological polar surface area (TPSA) is 122 Å². The third kappa shape index (κ3) is 6.61. The predicted octanol–water partition coefficient (Wildman–Crippen LogP) is 3.88. The average Bonchev–Trinajstić information content (AvgIpc) is 3.34. The second kappa shape index (κ2) is 12.4. The molecule has 2 aromatic heterocycles. The van der Waals surface area contributed by atoms with E-state index < -0.39 is 0 Å². The zero-order chi connectivity index (χ0) is 27.1. The summed E-state index contributed by atoms with van der Waals surface area (Å²) in [5.74, 6) is 2.84. The van der Waals surface area contributed by atoms with Gasteiger partial charge >= 0.3 is 0 Å². The Morgan fingerprint density at radius 1 is 1.24 bits per heavy atom. The van der Waals surface area contributed by atoms with Gasteiger partial charge in [0.05, 0.1) is 18.2 Å². The molecule has 1 saturated heterocycles. The highest BCUT2D eigenvalue weighted by Crippen LogP contribution is 2.35. The lowest BCUT2D eigenvalue weighted by atomic mass is 9.86. The zero-order valence-corrected chi connectivity index (χ0v) is 22.5. The number of aromatic nitrogens is 3. The fourth-order valence-corrected chi connectivity index (χ4v) is 4.56. The van der Waals surface area contributed by atoms with Crippen molar-refractivity contribution in [3.63, 3.8) is 0 Å². The van der Waals surface area contributed by atoms with Gasteiger partial charge in [-0.1, -0.05) is 18.2 Å². The fourth-order valence-electron chi connectivity index (χ4n) is 4.56. The number of likely N-dealkylation sites (N-methyl/N-ethyl adjacent to an activating group) is 1. The molecule has 1 aromatic carbocycles. The number of likely N-dealkylation sites (tertiary alicyclic amines) is 1. The number of hydrogen-bond acceptors (Lipinski definition) is 8. The van der Waals surface area contributed by atoms with E-state index in [2.05, 4.69) is 26.9 Å². The van der Waals surface area contributed by atoms with E-state index in [-0.39, 0.29) is 17.9 Å². The number of benzene rings is 1. The molecule has 0 spiro atoms. The van der Waals surface area contributed by atoms with E-state index >= 15 is 0 Å². The normalized spacial score (nSPS) is 14.7. The number of nitriles is 1. The number of nitrogens with zero attached hydrogens (tertiary/aromatic N) is 5. The number of para-hydroxylation sites is 1. The largest absolute Gasteiger partial charge is 0.492 e. The van der Waals surface area contributed by atoms with E-state index in [1.54, 1.807) is 0 Å². The number of piperidine rings is 1. The summed E-state index contributed by atoms with van der Waals surface area (Å²) in [6, 6.07) is 15.7. The van der Waals surface area contributed by atoms with Crippen LogP contribution < -0.4 is 15.4 Å². The average molecular weight is 517 g/mol. The molecule has 0 aliphatic carbocycles. The number of anilines is 3. The van der Waals surface area contributed by atoms with E-state index in [1.807, 2.05) is 80.2 Å². The minimum atomic E-state index is -0.163. The molecular weight excluding hydrogens is 480 g/mol. The number of H-pyrrole nitrogens is 1. The summed E-state index contributed by atoms with van der Waals surface area (Å²) in [6.07, 6.45) is 1.56. The van der Waals surface area contributed by atoms with Gasteiger partial charge in [0.2, 0.25) is 5.91 Å². The Kier molecular flexibility index (Phi) is 8.81. The zero-order valence-electron chi connectivity index (χ0n) is 22.5. The summed E-state index contributed by atoms with van der Waals surface area (Å²) in [6.45, 7) is 6.08. The molecule has 4 rings (SSSR count). The monoisotopic (exact) mass is 516 g/mol. The van der Waals surface area contributed by atoms with Crippen LogP contribution in [0.5, 0.6) is 5.75 Å². The van der Waals surface area contributed by atoms with E-state index in [4.69, 9.17) is 9.72 Å². The lowest BCUT2D eigenvalue weighted by molar-refractivity contribution is -0.136. The van der Waals surface area contributed by atoms with Crippen molar-refractivity contribution in [3.05, 3.63) is 59.3 Å². The first-order valence-corrected chi connectivity index (χ1v) is 13.0. The molecule has 200 valence electrons. The summed E-state index contributed by atoms with van der Waals surface area (Å²) in [7, 11) is 3.83. The maximum Gasteiger partial charge on any atom is 0.239 e. The molecule has 3 heterocycles. The van der Waals surface area contributed by atoms with Crippen molar-refractivity contribution in [3.8, 4) is 11.8 Å². The number of nitrogens with one attached hydrogen (secondary N) is 3. The van der Waals surface area contributed by atoms with Crippen LogP contribution in [0.15, 0.2) is 42.5 Å². The van der Waals surface area contributed by atoms with Gasteiger partial charge in [-0.2, -0.15) is 10.4 Å². The van der Waals surface area contributed by atoms with Crippen LogP contribution in [0, 0.1) is 18.3 Å². The molecule has 0 radical (unpaired) electrons. The van der Waals surface area contributed by atoms with Gasteiger partial charge in [-0.15, -0.1) is 0 Å². The van der Waals surface area contributed by atoms with Crippen molar-refractivity contribution in [2.75, 3.05) is 51.0 Å². The Hall–Kier alpha value is -4.10. The molecule has 3 aromatic rings. The minimum absolute atomic E-state index is 0.133. The van der Waals surface area contributed by atoms with E-state index in [0.717, 1.165) is 29.8 Å². The van der Waals surface area contributed by atoms with Crippen molar-refractivity contribution in [1.82, 2.24) is 25.0 Å². The number of ether oxygens (including phenoxy) is 1. The summed E-state index contributed by atoms with van der Waals surface area (Å²) >= 11 is 0. The number of aromatic amines is 1. The maximum atomic E-state index is 12.8. The molecule has 10 nitrogen and oxygen atoms in total. The van der Waals surface area contributed by atoms with Crippen molar-refractivity contribution in [2.24, 2.45) is 0 Å². The Morgan fingerprint density at radius 2 is 1.97 bits per heavy atom. The quantitative estimate of drug-likeness (QED) is 0.347. The van der Waals surface area contributed by atoms with Crippen molar-refractivity contribution in [1.29, 1.82) is 5.26 Å². The third-order valence-corrected chi connectivity index (χ3v) is 6.91. The van der Waals surface area contributed by atoms with Gasteiger partial charge in [-0.05, 0) is 70.5 Å². The van der Waals surface area contributed by atoms with Crippen molar-refractivity contribution in [2.45, 2.75) is 38.6 Å². The standard InChI is InChI=1S/C28H36N8O2/c1-19-16-26(34-33-19)31-25-17-23(21-10-13-36(14-11-21)28(37)20(2)35(3)4)24(18-29)27(32-25)30-12-15-38-22-8-6-5-7-9-22/h5-9,16-17,20-21H,10-15H2,1-4H3,(H3,30,31,32,33,34)/t20-/m0/s1. The Bertz CT molecular complexity index is 1260. The number of rotatable bonds is 10. The molecule has 1 aliphatic rings. The van der Waals surface area contributed by atoms with Gasteiger partial charge in [-0.3, -0.25) is 14.8 Å². The lowest BCUT2D eigenvalue weighted by Gasteiger charge is -2.35. The number of hydrogen-bond donors (Lipinski definition) is 3. The molecule has 10 heteroatoms. The van der Waals surface area contributed by atoms with Gasteiger partial charge in [0.25, 0.3) is 0 Å². The minimum Gasteiger partial charge on any atom is -0.492 e. The van der Waals surface area contributed by atoms with Gasteiger partial charge < -0.3 is 20.3 Å². The summed E-state index contributed by atoms with van der Waals surface area (Å²) in [4.78, 5) is 21.4. The summed E-state index contributed by atoms with van der Waals surface area (Å²) in [5, 5.41) is 23.9. The molecule has 3 N–H and O–H groups in total. The van der Waals surface area contributed by atoms with E-state index in [9.17, 15) is 10.1 Å². The highest BCUT2D eigenvalue weighted by atomic mass is 16.5. The third-order valence-electron chi connectivity index (χ3n) is 6.91. The van der Waals surface area contributed by atoms with E-state index in [0.29, 0.717) is 49.3 Å².